The number of ether oxygens (including phenoxy) is 1. The number of amides is 2. The molecule has 5 N–H and O–H groups in total. The number of aliphatic hydroxyl groups excluding tert-OH is 1. The van der Waals surface area contributed by atoms with E-state index in [1.807, 2.05) is 30.3 Å². The molecular formula is C21H31Cl2N3O4. The van der Waals surface area contributed by atoms with Crippen LogP contribution in [0.2, 0.25) is 0 Å². The fraction of sp³-hybridized carbons (Fsp3) is 0.619. The fourth-order valence-electron chi connectivity index (χ4n) is 3.57. The van der Waals surface area contributed by atoms with Crippen LogP contribution >= 0.6 is 23.2 Å². The van der Waals surface area contributed by atoms with E-state index in [2.05, 4.69) is 10.6 Å². The Morgan fingerprint density at radius 1 is 1.27 bits per heavy atom. The molecule has 1 aliphatic carbocycles. The highest BCUT2D eigenvalue weighted by molar-refractivity contribution is 6.25. The number of carbonyl (C=O) groups is 2. The van der Waals surface area contributed by atoms with Crippen LogP contribution in [0.25, 0.3) is 0 Å². The number of alkyl halides is 2. The molecule has 9 heteroatoms. The first-order chi connectivity index (χ1) is 14.4. The third-order valence-corrected chi connectivity index (χ3v) is 6.23. The highest BCUT2D eigenvalue weighted by Gasteiger charge is 2.46. The van der Waals surface area contributed by atoms with E-state index >= 15 is 0 Å². The predicted octanol–water partition coefficient (Wildman–Crippen LogP) is 1.18. The van der Waals surface area contributed by atoms with Gasteiger partial charge in [0.25, 0.3) is 0 Å². The first-order valence-electron chi connectivity index (χ1n) is 10.2. The molecule has 30 heavy (non-hydrogen) atoms. The number of rotatable bonds is 10. The van der Waals surface area contributed by atoms with Gasteiger partial charge in [-0.2, -0.15) is 0 Å². The van der Waals surface area contributed by atoms with E-state index in [0.29, 0.717) is 19.6 Å². The largest absolute Gasteiger partial charge is 0.391 e. The van der Waals surface area contributed by atoms with Crippen LogP contribution in [-0.2, 0) is 20.7 Å². The van der Waals surface area contributed by atoms with Crippen molar-refractivity contribution in [1.82, 2.24) is 10.6 Å². The SMILES string of the molecule is CNC(=O)[C@H](Cc1ccccc1)NC(=O)C1CC(Cl)C(OCCCCN)C(Cl)C1O. The number of unbranched alkanes of at least 4 members (excludes halogenated alkanes) is 1. The molecular weight excluding hydrogens is 429 g/mol. The van der Waals surface area contributed by atoms with Crippen molar-refractivity contribution in [2.24, 2.45) is 11.7 Å². The van der Waals surface area contributed by atoms with Crippen molar-refractivity contribution in [2.45, 2.75) is 54.7 Å². The molecule has 1 aromatic rings. The van der Waals surface area contributed by atoms with Crippen LogP contribution in [-0.4, -0.2) is 66.1 Å². The summed E-state index contributed by atoms with van der Waals surface area (Å²) in [6.45, 7) is 1.01. The first-order valence-corrected chi connectivity index (χ1v) is 11.1. The first kappa shape index (κ1) is 24.9. The average molecular weight is 460 g/mol. The molecule has 168 valence electrons. The standard InChI is InChI=1S/C21H31Cl2N3O4/c1-25-21(29)16(11-13-7-3-2-4-8-13)26-20(28)14-12-15(22)19(17(23)18(14)27)30-10-6-5-9-24/h2-4,7-8,14-19,27H,5-6,9-12,24H2,1H3,(H,25,29)(H,26,28)/t14?,15?,16-,17?,18?,19?/m0/s1. The molecule has 0 aliphatic heterocycles. The summed E-state index contributed by atoms with van der Waals surface area (Å²) in [5.41, 5.74) is 6.38. The van der Waals surface area contributed by atoms with E-state index in [4.69, 9.17) is 33.7 Å². The number of nitrogens with two attached hydrogens (primary N) is 1. The summed E-state index contributed by atoms with van der Waals surface area (Å²) in [5, 5.41) is 14.6. The molecule has 1 aromatic carbocycles. The van der Waals surface area contributed by atoms with Crippen LogP contribution in [0.4, 0.5) is 0 Å². The normalized spacial score (nSPS) is 27.3. The fourth-order valence-corrected chi connectivity index (χ4v) is 4.49. The molecule has 1 aliphatic rings. The molecule has 5 unspecified atom stereocenters. The molecule has 1 saturated carbocycles. The van der Waals surface area contributed by atoms with Gasteiger partial charge in [-0.05, 0) is 31.4 Å². The van der Waals surface area contributed by atoms with Crippen molar-refractivity contribution in [3.05, 3.63) is 35.9 Å². The Morgan fingerprint density at radius 3 is 2.60 bits per heavy atom. The van der Waals surface area contributed by atoms with Crippen LogP contribution < -0.4 is 16.4 Å². The molecule has 0 bridgehead atoms. The molecule has 1 fully saturated rings. The predicted molar refractivity (Wildman–Crippen MR) is 118 cm³/mol. The Hall–Kier alpha value is -1.38. The van der Waals surface area contributed by atoms with Crippen molar-refractivity contribution in [1.29, 1.82) is 0 Å². The van der Waals surface area contributed by atoms with Gasteiger partial charge in [-0.1, -0.05) is 30.3 Å². The maximum absolute atomic E-state index is 12.9. The monoisotopic (exact) mass is 459 g/mol. The summed E-state index contributed by atoms with van der Waals surface area (Å²) >= 11 is 12.8. The Bertz CT molecular complexity index is 679. The number of likely N-dealkylation sites (N-methyl/N-ethyl adjacent to an activating group) is 1. The number of halogens is 2. The van der Waals surface area contributed by atoms with Crippen molar-refractivity contribution in [3.63, 3.8) is 0 Å². The van der Waals surface area contributed by atoms with Crippen LogP contribution in [0.5, 0.6) is 0 Å². The zero-order valence-electron chi connectivity index (χ0n) is 17.1. The Morgan fingerprint density at radius 2 is 1.97 bits per heavy atom. The minimum atomic E-state index is -1.14. The van der Waals surface area contributed by atoms with E-state index in [9.17, 15) is 14.7 Å². The number of aliphatic hydroxyl groups is 1. The van der Waals surface area contributed by atoms with Crippen LogP contribution in [0.15, 0.2) is 30.3 Å². The van der Waals surface area contributed by atoms with Crippen molar-refractivity contribution in [2.75, 3.05) is 20.2 Å². The van der Waals surface area contributed by atoms with Gasteiger partial charge in [-0.25, -0.2) is 0 Å². The number of carbonyl (C=O) groups excluding carboxylic acids is 2. The van der Waals surface area contributed by atoms with Gasteiger partial charge < -0.3 is 26.2 Å². The molecule has 6 atom stereocenters. The van der Waals surface area contributed by atoms with Gasteiger partial charge >= 0.3 is 0 Å². The smallest absolute Gasteiger partial charge is 0.242 e. The van der Waals surface area contributed by atoms with Crippen molar-refractivity contribution >= 4 is 35.0 Å². The topological polar surface area (TPSA) is 114 Å². The Kier molecular flexibility index (Phi) is 10.3. The third kappa shape index (κ3) is 6.82. The zero-order chi connectivity index (χ0) is 22.1. The second kappa shape index (κ2) is 12.5. The highest BCUT2D eigenvalue weighted by atomic mass is 35.5. The van der Waals surface area contributed by atoms with E-state index < -0.39 is 40.8 Å². The number of hydrogen-bond acceptors (Lipinski definition) is 5. The molecule has 0 radical (unpaired) electrons. The minimum absolute atomic E-state index is 0.200. The lowest BCUT2D eigenvalue weighted by atomic mass is 9.83. The van der Waals surface area contributed by atoms with Crippen molar-refractivity contribution in [3.8, 4) is 0 Å². The summed E-state index contributed by atoms with van der Waals surface area (Å²) in [6.07, 6.45) is 0.421. The highest BCUT2D eigenvalue weighted by Crippen LogP contribution is 2.34. The molecule has 2 amide bonds. The van der Waals surface area contributed by atoms with Crippen molar-refractivity contribution < 1.29 is 19.4 Å². The minimum Gasteiger partial charge on any atom is -0.391 e. The maximum atomic E-state index is 12.9. The van der Waals surface area contributed by atoms with Crippen LogP contribution in [0.1, 0.15) is 24.8 Å². The maximum Gasteiger partial charge on any atom is 0.242 e. The second-order valence-electron chi connectivity index (χ2n) is 7.49. The van der Waals surface area contributed by atoms with Gasteiger partial charge in [-0.3, -0.25) is 9.59 Å². The molecule has 0 heterocycles. The lowest BCUT2D eigenvalue weighted by Crippen LogP contribution is -2.57. The molecule has 0 spiro atoms. The zero-order valence-corrected chi connectivity index (χ0v) is 18.6. The lowest BCUT2D eigenvalue weighted by molar-refractivity contribution is -0.136. The summed E-state index contributed by atoms with van der Waals surface area (Å²) in [4.78, 5) is 25.2. The lowest BCUT2D eigenvalue weighted by Gasteiger charge is -2.39. The number of benzene rings is 1. The van der Waals surface area contributed by atoms with Gasteiger partial charge in [0.2, 0.25) is 11.8 Å². The van der Waals surface area contributed by atoms with E-state index in [0.717, 1.165) is 18.4 Å². The van der Waals surface area contributed by atoms with E-state index in [-0.39, 0.29) is 12.3 Å². The molecule has 0 aromatic heterocycles. The summed E-state index contributed by atoms with van der Waals surface area (Å²) in [7, 11) is 1.51. The van der Waals surface area contributed by atoms with Crippen LogP contribution in [0.3, 0.4) is 0 Å². The summed E-state index contributed by atoms with van der Waals surface area (Å²) in [6, 6.07) is 8.61. The van der Waals surface area contributed by atoms with E-state index in [1.54, 1.807) is 0 Å². The van der Waals surface area contributed by atoms with E-state index in [1.165, 1.54) is 7.05 Å². The number of nitrogens with one attached hydrogen (secondary N) is 2. The molecule has 0 saturated heterocycles. The van der Waals surface area contributed by atoms with Gasteiger partial charge in [-0.15, -0.1) is 23.2 Å². The summed E-state index contributed by atoms with van der Waals surface area (Å²) in [5.74, 6) is -1.60. The molecule has 2 rings (SSSR count). The quantitative estimate of drug-likeness (QED) is 0.309. The van der Waals surface area contributed by atoms with Gasteiger partial charge in [0.1, 0.15) is 6.04 Å². The third-order valence-electron chi connectivity index (χ3n) is 5.30. The second-order valence-corrected chi connectivity index (χ2v) is 8.55. The number of hydrogen-bond donors (Lipinski definition) is 4. The molecule has 7 nitrogen and oxygen atoms in total. The summed E-state index contributed by atoms with van der Waals surface area (Å²) < 4.78 is 5.75. The van der Waals surface area contributed by atoms with Crippen LogP contribution in [0, 0.1) is 5.92 Å². The van der Waals surface area contributed by atoms with Gasteiger partial charge in [0, 0.05) is 20.1 Å². The Balaban J connectivity index is 2.01. The van der Waals surface area contributed by atoms with Gasteiger partial charge in [0.15, 0.2) is 0 Å². The van der Waals surface area contributed by atoms with Gasteiger partial charge in [0.05, 0.1) is 28.9 Å². The Labute approximate surface area is 187 Å². The average Bonchev–Trinajstić information content (AvgIpc) is 2.75.